The van der Waals surface area contributed by atoms with Crippen LogP contribution in [0.3, 0.4) is 0 Å². The number of hydrogen-bond acceptors (Lipinski definition) is 2. The highest BCUT2D eigenvalue weighted by Gasteiger charge is 2.02. The second-order valence-corrected chi connectivity index (χ2v) is 3.08. The van der Waals surface area contributed by atoms with Crippen LogP contribution in [-0.4, -0.2) is 4.98 Å². The van der Waals surface area contributed by atoms with Crippen LogP contribution in [0.4, 0.5) is 0 Å². The number of hydrogen-bond donors (Lipinski definition) is 3. The summed E-state index contributed by atoms with van der Waals surface area (Å²) in [4.78, 5) is 3.24. The molecule has 5 N–H and O–H groups in total. The number of nitrogens with two attached hydrogens (primary N) is 2. The predicted octanol–water partition coefficient (Wildman–Crippen LogP) is 1.09. The fourth-order valence-electron chi connectivity index (χ4n) is 1.56. The van der Waals surface area contributed by atoms with Gasteiger partial charge in [-0.25, -0.2) is 0 Å². The molecule has 2 rings (SSSR count). The first-order chi connectivity index (χ1) is 6.35. The van der Waals surface area contributed by atoms with Gasteiger partial charge in [0.05, 0.1) is 0 Å². The molecule has 1 aromatic carbocycles. The SMILES string of the molecule is NCc1cc2c(CN)cccc2[nH]1. The number of aromatic amines is 1. The van der Waals surface area contributed by atoms with E-state index in [2.05, 4.69) is 11.1 Å². The van der Waals surface area contributed by atoms with Crippen molar-refractivity contribution in [3.63, 3.8) is 0 Å². The standard InChI is InChI=1S/C10H13N3/c11-5-7-2-1-3-10-9(7)4-8(6-12)13-10/h1-4,13H,5-6,11-12H2. The van der Waals surface area contributed by atoms with E-state index in [9.17, 15) is 0 Å². The summed E-state index contributed by atoms with van der Waals surface area (Å²) < 4.78 is 0. The lowest BCUT2D eigenvalue weighted by atomic mass is 10.1. The number of benzene rings is 1. The summed E-state index contributed by atoms with van der Waals surface area (Å²) in [6.45, 7) is 1.11. The molecule has 0 radical (unpaired) electrons. The van der Waals surface area contributed by atoms with Gasteiger partial charge in [0.2, 0.25) is 0 Å². The van der Waals surface area contributed by atoms with Crippen LogP contribution >= 0.6 is 0 Å². The average Bonchev–Trinajstić information content (AvgIpc) is 2.59. The molecule has 0 aliphatic carbocycles. The summed E-state index contributed by atoms with van der Waals surface area (Å²) in [7, 11) is 0. The Morgan fingerprint density at radius 3 is 2.69 bits per heavy atom. The van der Waals surface area contributed by atoms with E-state index in [4.69, 9.17) is 11.5 Å². The van der Waals surface area contributed by atoms with Gasteiger partial charge < -0.3 is 16.5 Å². The Kier molecular flexibility index (Phi) is 2.04. The van der Waals surface area contributed by atoms with Gasteiger partial charge in [0.15, 0.2) is 0 Å². The van der Waals surface area contributed by atoms with Gasteiger partial charge in [0, 0.05) is 29.7 Å². The first kappa shape index (κ1) is 8.29. The molecule has 1 aromatic heterocycles. The molecule has 0 saturated heterocycles. The Morgan fingerprint density at radius 1 is 1.15 bits per heavy atom. The maximum absolute atomic E-state index is 5.62. The van der Waals surface area contributed by atoms with Crippen molar-refractivity contribution in [3.05, 3.63) is 35.5 Å². The zero-order valence-corrected chi connectivity index (χ0v) is 7.38. The van der Waals surface area contributed by atoms with Crippen LogP contribution in [0.2, 0.25) is 0 Å². The molecule has 0 atom stereocenters. The smallest absolute Gasteiger partial charge is 0.0459 e. The second-order valence-electron chi connectivity index (χ2n) is 3.08. The molecule has 3 heteroatoms. The molecule has 2 aromatic rings. The number of rotatable bonds is 2. The Hall–Kier alpha value is -1.32. The maximum Gasteiger partial charge on any atom is 0.0459 e. The van der Waals surface area contributed by atoms with Crippen molar-refractivity contribution in [2.75, 3.05) is 0 Å². The van der Waals surface area contributed by atoms with Crippen molar-refractivity contribution in [1.29, 1.82) is 0 Å². The number of fused-ring (bicyclic) bond motifs is 1. The Morgan fingerprint density at radius 2 is 2.00 bits per heavy atom. The quantitative estimate of drug-likeness (QED) is 0.639. The van der Waals surface area contributed by atoms with E-state index in [0.717, 1.165) is 16.8 Å². The van der Waals surface area contributed by atoms with Crippen LogP contribution in [0.1, 0.15) is 11.3 Å². The van der Waals surface area contributed by atoms with Gasteiger partial charge in [0.25, 0.3) is 0 Å². The third-order valence-electron chi connectivity index (χ3n) is 2.25. The molecule has 0 aliphatic rings. The largest absolute Gasteiger partial charge is 0.357 e. The number of aromatic nitrogens is 1. The average molecular weight is 175 g/mol. The zero-order chi connectivity index (χ0) is 9.26. The lowest BCUT2D eigenvalue weighted by molar-refractivity contribution is 1.02. The molecular weight excluding hydrogens is 162 g/mol. The Bertz CT molecular complexity index is 417. The van der Waals surface area contributed by atoms with Gasteiger partial charge >= 0.3 is 0 Å². The van der Waals surface area contributed by atoms with E-state index < -0.39 is 0 Å². The van der Waals surface area contributed by atoms with Crippen molar-refractivity contribution < 1.29 is 0 Å². The van der Waals surface area contributed by atoms with E-state index in [1.807, 2.05) is 18.2 Å². The minimum Gasteiger partial charge on any atom is -0.357 e. The molecule has 0 fully saturated rings. The summed E-state index contributed by atoms with van der Waals surface area (Å²) in [5.41, 5.74) is 14.5. The van der Waals surface area contributed by atoms with Gasteiger partial charge in [-0.1, -0.05) is 12.1 Å². The molecule has 0 unspecified atom stereocenters. The first-order valence-corrected chi connectivity index (χ1v) is 4.34. The van der Waals surface area contributed by atoms with Crippen molar-refractivity contribution in [2.45, 2.75) is 13.1 Å². The van der Waals surface area contributed by atoms with Gasteiger partial charge in [-0.2, -0.15) is 0 Å². The summed E-state index contributed by atoms with van der Waals surface area (Å²) in [6.07, 6.45) is 0. The summed E-state index contributed by atoms with van der Waals surface area (Å²) >= 11 is 0. The van der Waals surface area contributed by atoms with Gasteiger partial charge in [-0.15, -0.1) is 0 Å². The van der Waals surface area contributed by atoms with Crippen LogP contribution in [0.15, 0.2) is 24.3 Å². The van der Waals surface area contributed by atoms with Crippen LogP contribution in [0.5, 0.6) is 0 Å². The third kappa shape index (κ3) is 1.32. The van der Waals surface area contributed by atoms with E-state index in [1.165, 1.54) is 5.39 Å². The van der Waals surface area contributed by atoms with Crippen molar-refractivity contribution in [3.8, 4) is 0 Å². The first-order valence-electron chi connectivity index (χ1n) is 4.34. The van der Waals surface area contributed by atoms with Gasteiger partial charge in [0.1, 0.15) is 0 Å². The van der Waals surface area contributed by atoms with Crippen LogP contribution < -0.4 is 11.5 Å². The number of H-pyrrole nitrogens is 1. The highest BCUT2D eigenvalue weighted by atomic mass is 14.7. The minimum atomic E-state index is 0.540. The molecule has 0 spiro atoms. The lowest BCUT2D eigenvalue weighted by Gasteiger charge is -1.96. The molecule has 68 valence electrons. The summed E-state index contributed by atoms with van der Waals surface area (Å²) in [6, 6.07) is 8.14. The molecule has 1 heterocycles. The minimum absolute atomic E-state index is 0.540. The zero-order valence-electron chi connectivity index (χ0n) is 7.38. The highest BCUT2D eigenvalue weighted by Crippen LogP contribution is 2.19. The van der Waals surface area contributed by atoms with E-state index in [0.29, 0.717) is 13.1 Å². The second kappa shape index (κ2) is 3.20. The monoisotopic (exact) mass is 175 g/mol. The highest BCUT2D eigenvalue weighted by molar-refractivity contribution is 5.83. The molecule has 0 amide bonds. The van der Waals surface area contributed by atoms with Crippen molar-refractivity contribution in [1.82, 2.24) is 4.98 Å². The molecule has 0 saturated carbocycles. The van der Waals surface area contributed by atoms with E-state index >= 15 is 0 Å². The van der Waals surface area contributed by atoms with E-state index in [1.54, 1.807) is 0 Å². The summed E-state index contributed by atoms with van der Waals surface area (Å²) in [5.74, 6) is 0. The molecule has 0 aliphatic heterocycles. The van der Waals surface area contributed by atoms with Gasteiger partial charge in [-0.05, 0) is 17.7 Å². The van der Waals surface area contributed by atoms with Crippen molar-refractivity contribution >= 4 is 10.9 Å². The molecule has 3 nitrogen and oxygen atoms in total. The Balaban J connectivity index is 2.67. The third-order valence-corrected chi connectivity index (χ3v) is 2.25. The lowest BCUT2D eigenvalue weighted by Crippen LogP contribution is -1.96. The molecule has 0 bridgehead atoms. The topological polar surface area (TPSA) is 67.8 Å². The van der Waals surface area contributed by atoms with Gasteiger partial charge in [-0.3, -0.25) is 0 Å². The van der Waals surface area contributed by atoms with E-state index in [-0.39, 0.29) is 0 Å². The number of nitrogens with one attached hydrogen (secondary N) is 1. The fourth-order valence-corrected chi connectivity index (χ4v) is 1.56. The van der Waals surface area contributed by atoms with Crippen molar-refractivity contribution in [2.24, 2.45) is 11.5 Å². The van der Waals surface area contributed by atoms with Crippen LogP contribution in [0.25, 0.3) is 10.9 Å². The molecular formula is C10H13N3. The summed E-state index contributed by atoms with van der Waals surface area (Å²) in [5, 5.41) is 1.19. The normalized spacial score (nSPS) is 10.9. The van der Waals surface area contributed by atoms with Crippen LogP contribution in [0, 0.1) is 0 Å². The predicted molar refractivity (Wildman–Crippen MR) is 54.1 cm³/mol. The Labute approximate surface area is 76.7 Å². The maximum atomic E-state index is 5.62. The van der Waals surface area contributed by atoms with Crippen LogP contribution in [-0.2, 0) is 13.1 Å². The molecule has 13 heavy (non-hydrogen) atoms. The fraction of sp³-hybridized carbons (Fsp3) is 0.200.